The molecule has 3 aromatic heterocycles. The number of likely N-dealkylation sites (tertiary alicyclic amines) is 1. The number of benzene rings is 1. The van der Waals surface area contributed by atoms with Crippen molar-refractivity contribution in [1.29, 1.82) is 0 Å². The van der Waals surface area contributed by atoms with Gasteiger partial charge in [0.25, 0.3) is 5.91 Å². The molecule has 0 radical (unpaired) electrons. The minimum atomic E-state index is -0.406. The third kappa shape index (κ3) is 3.33. The third-order valence-electron chi connectivity index (χ3n) is 6.59. The van der Waals surface area contributed by atoms with Gasteiger partial charge in [-0.3, -0.25) is 19.1 Å². The van der Waals surface area contributed by atoms with E-state index >= 15 is 0 Å². The van der Waals surface area contributed by atoms with E-state index < -0.39 is 6.23 Å². The van der Waals surface area contributed by atoms with E-state index in [9.17, 15) is 9.90 Å². The lowest BCUT2D eigenvalue weighted by Crippen LogP contribution is -2.23. The summed E-state index contributed by atoms with van der Waals surface area (Å²) in [5.41, 5.74) is 6.01. The first-order valence-electron chi connectivity index (χ1n) is 10.9. The van der Waals surface area contributed by atoms with Crippen LogP contribution in [0.15, 0.2) is 55.2 Å². The number of carbonyl (C=O) groups is 1. The Morgan fingerprint density at radius 1 is 1.15 bits per heavy atom. The van der Waals surface area contributed by atoms with Gasteiger partial charge in [-0.2, -0.15) is 0 Å². The van der Waals surface area contributed by atoms with Crippen molar-refractivity contribution in [3.63, 3.8) is 0 Å². The summed E-state index contributed by atoms with van der Waals surface area (Å²) in [5.74, 6) is 0.826. The smallest absolute Gasteiger partial charge is 0.254 e. The fraction of sp³-hybridized carbons (Fsp3) is 0.250. The largest absolute Gasteiger partial charge is 0.378 e. The molecule has 0 saturated carbocycles. The first-order valence-corrected chi connectivity index (χ1v) is 10.9. The number of aliphatic hydroxyl groups excluding tert-OH is 1. The number of pyridine rings is 1. The number of nitrogens with zero attached hydrogens (tertiary/aromatic N) is 5. The number of nitrogens with one attached hydrogen (secondary N) is 2. The lowest BCUT2D eigenvalue weighted by atomic mass is 9.98. The Bertz CT molecular complexity index is 1360. The summed E-state index contributed by atoms with van der Waals surface area (Å²) in [7, 11) is 1.92. The third-order valence-corrected chi connectivity index (χ3v) is 6.59. The molecule has 4 aromatic rings. The van der Waals surface area contributed by atoms with E-state index in [0.717, 1.165) is 40.3 Å². The van der Waals surface area contributed by atoms with Crippen molar-refractivity contribution in [2.75, 3.05) is 18.9 Å². The summed E-state index contributed by atoms with van der Waals surface area (Å²) >= 11 is 0. The maximum absolute atomic E-state index is 12.7. The van der Waals surface area contributed by atoms with Crippen LogP contribution in [-0.4, -0.2) is 55.1 Å². The monoisotopic (exact) mass is 441 g/mol. The summed E-state index contributed by atoms with van der Waals surface area (Å²) in [6.07, 6.45) is 9.25. The quantitative estimate of drug-likeness (QED) is 0.447. The molecule has 2 aliphatic heterocycles. The van der Waals surface area contributed by atoms with E-state index in [1.54, 1.807) is 18.6 Å². The fourth-order valence-electron chi connectivity index (χ4n) is 4.81. The highest BCUT2D eigenvalue weighted by Gasteiger charge is 2.29. The summed E-state index contributed by atoms with van der Waals surface area (Å²) in [4.78, 5) is 27.8. The highest BCUT2D eigenvalue weighted by molar-refractivity contribution is 6.06. The maximum Gasteiger partial charge on any atom is 0.254 e. The normalized spacial score (nSPS) is 20.2. The summed E-state index contributed by atoms with van der Waals surface area (Å²) in [5, 5.41) is 16.3. The Morgan fingerprint density at radius 3 is 2.85 bits per heavy atom. The number of fused-ring (bicyclic) bond motifs is 2. The zero-order valence-corrected chi connectivity index (χ0v) is 18.1. The fourth-order valence-corrected chi connectivity index (χ4v) is 4.81. The molecule has 33 heavy (non-hydrogen) atoms. The summed E-state index contributed by atoms with van der Waals surface area (Å²) in [6.45, 7) is 1.27. The van der Waals surface area contributed by atoms with Gasteiger partial charge < -0.3 is 15.7 Å². The maximum atomic E-state index is 12.7. The van der Waals surface area contributed by atoms with Crippen LogP contribution in [0.25, 0.3) is 16.9 Å². The van der Waals surface area contributed by atoms with Gasteiger partial charge in [-0.15, -0.1) is 0 Å². The van der Waals surface area contributed by atoms with Crippen LogP contribution in [-0.2, 0) is 6.54 Å². The van der Waals surface area contributed by atoms with Crippen molar-refractivity contribution in [3.05, 3.63) is 71.9 Å². The van der Waals surface area contributed by atoms with Gasteiger partial charge in [0.05, 0.1) is 29.3 Å². The van der Waals surface area contributed by atoms with Crippen LogP contribution in [0.2, 0.25) is 0 Å². The molecule has 166 valence electrons. The van der Waals surface area contributed by atoms with Crippen LogP contribution >= 0.6 is 0 Å². The predicted molar refractivity (Wildman–Crippen MR) is 123 cm³/mol. The second kappa shape index (κ2) is 7.65. The van der Waals surface area contributed by atoms with Crippen molar-refractivity contribution in [2.24, 2.45) is 0 Å². The van der Waals surface area contributed by atoms with Gasteiger partial charge in [0.1, 0.15) is 12.0 Å². The van der Waals surface area contributed by atoms with Crippen molar-refractivity contribution in [3.8, 4) is 11.3 Å². The molecule has 1 saturated heterocycles. The highest BCUT2D eigenvalue weighted by Crippen LogP contribution is 2.35. The topological polar surface area (TPSA) is 108 Å². The van der Waals surface area contributed by atoms with Gasteiger partial charge >= 0.3 is 0 Å². The second-order valence-corrected chi connectivity index (χ2v) is 8.60. The first-order chi connectivity index (χ1) is 16.1. The molecule has 0 aliphatic carbocycles. The Kier molecular flexibility index (Phi) is 4.60. The number of anilines is 2. The van der Waals surface area contributed by atoms with Gasteiger partial charge in [-0.25, -0.2) is 9.97 Å². The first kappa shape index (κ1) is 19.8. The average Bonchev–Trinajstić information content (AvgIpc) is 3.52. The van der Waals surface area contributed by atoms with Gasteiger partial charge in [0.2, 0.25) is 0 Å². The summed E-state index contributed by atoms with van der Waals surface area (Å²) < 4.78 is 1.97. The number of rotatable bonds is 4. The second-order valence-electron chi connectivity index (χ2n) is 8.60. The van der Waals surface area contributed by atoms with E-state index in [0.29, 0.717) is 24.3 Å². The highest BCUT2D eigenvalue weighted by atomic mass is 16.3. The van der Waals surface area contributed by atoms with Crippen molar-refractivity contribution in [1.82, 2.24) is 29.6 Å². The number of likely N-dealkylation sites (N-methyl/N-ethyl adjacent to an activating group) is 1. The Hall–Kier alpha value is -3.82. The molecule has 6 rings (SSSR count). The van der Waals surface area contributed by atoms with Crippen LogP contribution in [0.1, 0.15) is 33.8 Å². The Balaban J connectivity index is 1.32. The molecule has 0 bridgehead atoms. The molecule has 9 heteroatoms. The summed E-state index contributed by atoms with van der Waals surface area (Å²) in [6, 6.07) is 7.88. The molecule has 1 amide bonds. The predicted octanol–water partition coefficient (Wildman–Crippen LogP) is 2.52. The zero-order chi connectivity index (χ0) is 22.5. The van der Waals surface area contributed by atoms with Crippen molar-refractivity contribution >= 4 is 23.1 Å². The molecular weight excluding hydrogens is 418 g/mol. The standard InChI is InChI=1S/C24H23N7O2/c1-30-13-15(8-22(30)32)14-2-5-20(26-9-14)29-18-4-3-16(17-10-28-24(33)23(17)18)19-11-27-21-12-25-6-7-31(19)21/h2-7,9,11-12,15,22,32H,8,10,13H2,1H3,(H,26,29)(H,28,33). The molecular formula is C24H23N7O2. The lowest BCUT2D eigenvalue weighted by Gasteiger charge is -2.14. The van der Waals surface area contributed by atoms with Crippen LogP contribution in [0.3, 0.4) is 0 Å². The number of carbonyl (C=O) groups excluding carboxylic acids is 1. The van der Waals surface area contributed by atoms with Crippen LogP contribution in [0.5, 0.6) is 0 Å². The SMILES string of the molecule is CN1CC(c2ccc(Nc3ccc(-c4cnc5cnccn45)c4c3C(=O)NC4)nc2)CC1O. The molecule has 2 unspecified atom stereocenters. The van der Waals surface area contributed by atoms with Gasteiger partial charge in [0, 0.05) is 43.2 Å². The van der Waals surface area contributed by atoms with Gasteiger partial charge in [0.15, 0.2) is 5.65 Å². The molecule has 9 nitrogen and oxygen atoms in total. The number of hydrogen-bond acceptors (Lipinski definition) is 7. The van der Waals surface area contributed by atoms with E-state index in [-0.39, 0.29) is 11.8 Å². The molecule has 3 N–H and O–H groups in total. The van der Waals surface area contributed by atoms with Crippen molar-refractivity contribution < 1.29 is 9.90 Å². The van der Waals surface area contributed by atoms with Crippen LogP contribution in [0.4, 0.5) is 11.5 Å². The lowest BCUT2D eigenvalue weighted by molar-refractivity contribution is 0.0573. The number of imidazole rings is 1. The molecule has 0 spiro atoms. The van der Waals surface area contributed by atoms with Crippen LogP contribution in [0, 0.1) is 0 Å². The molecule has 2 atom stereocenters. The van der Waals surface area contributed by atoms with E-state index in [2.05, 4.69) is 25.6 Å². The van der Waals surface area contributed by atoms with Gasteiger partial charge in [-0.05, 0) is 36.7 Å². The number of hydrogen-bond donors (Lipinski definition) is 3. The van der Waals surface area contributed by atoms with Gasteiger partial charge in [-0.1, -0.05) is 12.1 Å². The minimum Gasteiger partial charge on any atom is -0.378 e. The number of amides is 1. The van der Waals surface area contributed by atoms with E-state index in [4.69, 9.17) is 0 Å². The number of aromatic nitrogens is 4. The van der Waals surface area contributed by atoms with E-state index in [1.165, 1.54) is 0 Å². The molecule has 5 heterocycles. The zero-order valence-electron chi connectivity index (χ0n) is 18.1. The average molecular weight is 441 g/mol. The van der Waals surface area contributed by atoms with Crippen LogP contribution < -0.4 is 10.6 Å². The number of aliphatic hydroxyl groups is 1. The van der Waals surface area contributed by atoms with Crippen molar-refractivity contribution in [2.45, 2.75) is 25.1 Å². The molecule has 1 fully saturated rings. The molecule has 1 aromatic carbocycles. The molecule has 2 aliphatic rings. The Morgan fingerprint density at radius 2 is 2.06 bits per heavy atom. The van der Waals surface area contributed by atoms with E-state index in [1.807, 2.05) is 53.0 Å². The Labute approximate surface area is 190 Å². The minimum absolute atomic E-state index is 0.107.